The summed E-state index contributed by atoms with van der Waals surface area (Å²) in [5.41, 5.74) is 0.0560. The molecule has 4 fully saturated rings. The van der Waals surface area contributed by atoms with Crippen molar-refractivity contribution in [3.05, 3.63) is 16.6 Å². The standard InChI is InChI=1S/C15H19NOS/c17-13(6-14-16-1-2-18-14)15-7-10-3-11(8-15)5-12(4-10)9-15/h1-2,10-12H,3-9H2. The maximum absolute atomic E-state index is 12.7. The Kier molecular flexibility index (Phi) is 2.41. The third kappa shape index (κ3) is 1.67. The maximum Gasteiger partial charge on any atom is 0.145 e. The number of Topliss-reactive ketones (excluding diaryl/α,β-unsaturated/α-hetero) is 1. The van der Waals surface area contributed by atoms with E-state index in [1.165, 1.54) is 38.5 Å². The van der Waals surface area contributed by atoms with Crippen LogP contribution in [0, 0.1) is 23.2 Å². The van der Waals surface area contributed by atoms with Crippen molar-refractivity contribution >= 4 is 17.1 Å². The third-order valence-electron chi connectivity index (χ3n) is 5.42. The van der Waals surface area contributed by atoms with Crippen molar-refractivity contribution in [2.75, 3.05) is 0 Å². The SMILES string of the molecule is O=C(Cc1nccs1)C12CC3CC(CC(C3)C1)C2. The predicted octanol–water partition coefficient (Wildman–Crippen LogP) is 3.47. The Morgan fingerprint density at radius 1 is 1.22 bits per heavy atom. The number of carbonyl (C=O) groups is 1. The van der Waals surface area contributed by atoms with Gasteiger partial charge in [0.05, 0.1) is 11.4 Å². The Hall–Kier alpha value is -0.700. The molecule has 2 nitrogen and oxygen atoms in total. The fourth-order valence-electron chi connectivity index (χ4n) is 5.12. The second kappa shape index (κ2) is 3.89. The molecule has 0 spiro atoms. The first-order valence-electron chi connectivity index (χ1n) is 7.15. The van der Waals surface area contributed by atoms with E-state index in [0.717, 1.165) is 22.8 Å². The Balaban J connectivity index is 1.58. The Labute approximate surface area is 112 Å². The van der Waals surface area contributed by atoms with Gasteiger partial charge in [0.25, 0.3) is 0 Å². The van der Waals surface area contributed by atoms with E-state index in [1.807, 2.05) is 11.6 Å². The number of nitrogens with zero attached hydrogens (tertiary/aromatic N) is 1. The molecule has 0 aromatic carbocycles. The van der Waals surface area contributed by atoms with E-state index >= 15 is 0 Å². The molecule has 96 valence electrons. The Morgan fingerprint density at radius 3 is 2.33 bits per heavy atom. The number of aromatic nitrogens is 1. The van der Waals surface area contributed by atoms with Gasteiger partial charge in [0.15, 0.2) is 0 Å². The highest BCUT2D eigenvalue weighted by Crippen LogP contribution is 2.60. The molecule has 0 N–H and O–H groups in total. The quantitative estimate of drug-likeness (QED) is 0.834. The first-order chi connectivity index (χ1) is 8.73. The largest absolute Gasteiger partial charge is 0.299 e. The molecule has 0 radical (unpaired) electrons. The van der Waals surface area contributed by atoms with Crippen LogP contribution in [0.15, 0.2) is 11.6 Å². The van der Waals surface area contributed by atoms with Gasteiger partial charge in [0, 0.05) is 17.0 Å². The monoisotopic (exact) mass is 261 g/mol. The van der Waals surface area contributed by atoms with Gasteiger partial charge in [-0.25, -0.2) is 4.98 Å². The highest BCUT2D eigenvalue weighted by atomic mass is 32.1. The number of thiazole rings is 1. The predicted molar refractivity (Wildman–Crippen MR) is 71.4 cm³/mol. The average molecular weight is 261 g/mol. The summed E-state index contributed by atoms with van der Waals surface area (Å²) in [6, 6.07) is 0. The molecule has 0 unspecified atom stereocenters. The molecular formula is C15H19NOS. The highest BCUT2D eigenvalue weighted by Gasteiger charge is 2.54. The van der Waals surface area contributed by atoms with Gasteiger partial charge in [-0.2, -0.15) is 0 Å². The van der Waals surface area contributed by atoms with Crippen LogP contribution in [-0.4, -0.2) is 10.8 Å². The van der Waals surface area contributed by atoms with Crippen LogP contribution >= 0.6 is 11.3 Å². The van der Waals surface area contributed by atoms with Crippen LogP contribution in [0.2, 0.25) is 0 Å². The van der Waals surface area contributed by atoms with Crippen molar-refractivity contribution in [1.29, 1.82) is 0 Å². The second-order valence-electron chi connectivity index (χ2n) is 6.72. The van der Waals surface area contributed by atoms with Crippen molar-refractivity contribution in [2.45, 2.75) is 44.9 Å². The molecule has 4 saturated carbocycles. The van der Waals surface area contributed by atoms with Gasteiger partial charge >= 0.3 is 0 Å². The van der Waals surface area contributed by atoms with Crippen molar-refractivity contribution in [3.63, 3.8) is 0 Å². The van der Waals surface area contributed by atoms with E-state index in [1.54, 1.807) is 11.3 Å². The molecule has 0 atom stereocenters. The molecule has 1 aromatic rings. The van der Waals surface area contributed by atoms with Crippen molar-refractivity contribution in [2.24, 2.45) is 23.2 Å². The van der Waals surface area contributed by atoms with Gasteiger partial charge in [-0.1, -0.05) is 0 Å². The lowest BCUT2D eigenvalue weighted by Gasteiger charge is -2.56. The molecule has 3 heteroatoms. The van der Waals surface area contributed by atoms with Crippen LogP contribution in [0.3, 0.4) is 0 Å². The summed E-state index contributed by atoms with van der Waals surface area (Å²) in [6.45, 7) is 0. The molecule has 1 aromatic heterocycles. The second-order valence-corrected chi connectivity index (χ2v) is 7.70. The van der Waals surface area contributed by atoms with E-state index < -0.39 is 0 Å². The van der Waals surface area contributed by atoms with Gasteiger partial charge in [0.2, 0.25) is 0 Å². The topological polar surface area (TPSA) is 30.0 Å². The van der Waals surface area contributed by atoms with E-state index in [-0.39, 0.29) is 5.41 Å². The molecule has 1 heterocycles. The molecule has 0 amide bonds. The average Bonchev–Trinajstić information content (AvgIpc) is 2.79. The number of hydrogen-bond donors (Lipinski definition) is 0. The molecular weight excluding hydrogens is 242 g/mol. The van der Waals surface area contributed by atoms with Gasteiger partial charge in [-0.3, -0.25) is 4.79 Å². The molecule has 4 bridgehead atoms. The molecule has 4 aliphatic rings. The summed E-state index contributed by atoms with van der Waals surface area (Å²) in [5, 5.41) is 2.98. The lowest BCUT2D eigenvalue weighted by molar-refractivity contribution is -0.143. The minimum absolute atomic E-state index is 0.0560. The first-order valence-corrected chi connectivity index (χ1v) is 8.03. The highest BCUT2D eigenvalue weighted by molar-refractivity contribution is 7.09. The van der Waals surface area contributed by atoms with Crippen LogP contribution in [0.4, 0.5) is 0 Å². The van der Waals surface area contributed by atoms with E-state index in [0.29, 0.717) is 12.2 Å². The first kappa shape index (κ1) is 11.2. The van der Waals surface area contributed by atoms with Crippen LogP contribution in [0.1, 0.15) is 43.5 Å². The molecule has 0 saturated heterocycles. The van der Waals surface area contributed by atoms with Crippen molar-refractivity contribution in [3.8, 4) is 0 Å². The minimum atomic E-state index is 0.0560. The molecule has 18 heavy (non-hydrogen) atoms. The molecule has 5 rings (SSSR count). The lowest BCUT2D eigenvalue weighted by Crippen LogP contribution is -2.50. The Bertz CT molecular complexity index is 430. The number of rotatable bonds is 3. The summed E-state index contributed by atoms with van der Waals surface area (Å²) >= 11 is 1.62. The van der Waals surface area contributed by atoms with Crippen LogP contribution in [0.5, 0.6) is 0 Å². The minimum Gasteiger partial charge on any atom is -0.299 e. The number of hydrogen-bond acceptors (Lipinski definition) is 3. The normalized spacial score (nSPS) is 41.2. The summed E-state index contributed by atoms with van der Waals surface area (Å²) in [6.07, 6.45) is 10.2. The van der Waals surface area contributed by atoms with Crippen LogP contribution < -0.4 is 0 Å². The zero-order valence-electron chi connectivity index (χ0n) is 10.6. The third-order valence-corrected chi connectivity index (χ3v) is 6.20. The van der Waals surface area contributed by atoms with Crippen LogP contribution in [0.25, 0.3) is 0 Å². The number of ketones is 1. The van der Waals surface area contributed by atoms with Crippen molar-refractivity contribution in [1.82, 2.24) is 4.98 Å². The van der Waals surface area contributed by atoms with Gasteiger partial charge < -0.3 is 0 Å². The van der Waals surface area contributed by atoms with Gasteiger partial charge in [-0.05, 0) is 56.3 Å². The zero-order valence-corrected chi connectivity index (χ0v) is 11.4. The van der Waals surface area contributed by atoms with E-state index in [9.17, 15) is 4.79 Å². The smallest absolute Gasteiger partial charge is 0.145 e. The van der Waals surface area contributed by atoms with Crippen molar-refractivity contribution < 1.29 is 4.79 Å². The number of carbonyl (C=O) groups excluding carboxylic acids is 1. The summed E-state index contributed by atoms with van der Waals surface area (Å²) in [4.78, 5) is 17.0. The fourth-order valence-corrected chi connectivity index (χ4v) is 5.73. The summed E-state index contributed by atoms with van der Waals surface area (Å²) < 4.78 is 0. The summed E-state index contributed by atoms with van der Waals surface area (Å²) in [5.74, 6) is 3.07. The molecule has 0 aliphatic heterocycles. The lowest BCUT2D eigenvalue weighted by atomic mass is 9.48. The van der Waals surface area contributed by atoms with E-state index in [4.69, 9.17) is 0 Å². The van der Waals surface area contributed by atoms with Crippen LogP contribution in [-0.2, 0) is 11.2 Å². The molecule has 4 aliphatic carbocycles. The van der Waals surface area contributed by atoms with E-state index in [2.05, 4.69) is 4.98 Å². The maximum atomic E-state index is 12.7. The van der Waals surface area contributed by atoms with Gasteiger partial charge in [0.1, 0.15) is 5.78 Å². The van der Waals surface area contributed by atoms with Gasteiger partial charge in [-0.15, -0.1) is 11.3 Å². The zero-order chi connectivity index (χ0) is 12.2. The Morgan fingerprint density at radius 2 is 1.83 bits per heavy atom. The summed E-state index contributed by atoms with van der Waals surface area (Å²) in [7, 11) is 0. The fraction of sp³-hybridized carbons (Fsp3) is 0.733.